The van der Waals surface area contributed by atoms with E-state index in [4.69, 9.17) is 4.52 Å². The van der Waals surface area contributed by atoms with E-state index in [9.17, 15) is 4.79 Å². The van der Waals surface area contributed by atoms with Crippen LogP contribution in [0.3, 0.4) is 0 Å². The summed E-state index contributed by atoms with van der Waals surface area (Å²) in [6.45, 7) is 2.85. The number of aryl methyl sites for hydroxylation is 1. The first-order chi connectivity index (χ1) is 12.1. The van der Waals surface area contributed by atoms with Crippen molar-refractivity contribution in [3.8, 4) is 11.4 Å². The molecular weight excluding hydrogens is 316 g/mol. The lowest BCUT2D eigenvalue weighted by atomic mass is 10.1. The number of rotatable bonds is 5. The summed E-state index contributed by atoms with van der Waals surface area (Å²) in [5.41, 5.74) is 3.65. The predicted octanol–water partition coefficient (Wildman–Crippen LogP) is 3.39. The molecule has 3 rings (SSSR count). The lowest BCUT2D eigenvalue weighted by Crippen LogP contribution is -2.36. The maximum absolute atomic E-state index is 12.2. The number of urea groups is 1. The Labute approximate surface area is 146 Å². The lowest BCUT2D eigenvalue weighted by Gasteiger charge is -2.16. The number of carbonyl (C=O) groups excluding carboxylic acids is 1. The molecule has 0 radical (unpaired) electrons. The molecule has 2 amide bonds. The number of carbonyl (C=O) groups is 1. The van der Waals surface area contributed by atoms with E-state index in [0.717, 1.165) is 11.3 Å². The van der Waals surface area contributed by atoms with Crippen LogP contribution in [0.1, 0.15) is 16.9 Å². The summed E-state index contributed by atoms with van der Waals surface area (Å²) in [5.74, 6) is 0.605. The molecule has 0 spiro atoms. The van der Waals surface area contributed by atoms with Crippen molar-refractivity contribution in [1.29, 1.82) is 0 Å². The second-order valence-electron chi connectivity index (χ2n) is 5.89. The molecule has 2 heterocycles. The van der Waals surface area contributed by atoms with Crippen LogP contribution >= 0.6 is 0 Å². The maximum Gasteiger partial charge on any atom is 0.317 e. The van der Waals surface area contributed by atoms with Crippen molar-refractivity contribution < 1.29 is 9.32 Å². The number of hydrogen-bond acceptors (Lipinski definition) is 4. The van der Waals surface area contributed by atoms with E-state index in [-0.39, 0.29) is 6.03 Å². The number of benzene rings is 1. The Kier molecular flexibility index (Phi) is 5.09. The van der Waals surface area contributed by atoms with Crippen LogP contribution in [0.4, 0.5) is 4.79 Å². The molecule has 0 saturated carbocycles. The van der Waals surface area contributed by atoms with Crippen molar-refractivity contribution in [3.05, 3.63) is 71.6 Å². The van der Waals surface area contributed by atoms with Crippen LogP contribution in [0.25, 0.3) is 11.4 Å². The normalized spacial score (nSPS) is 10.5. The van der Waals surface area contributed by atoms with Crippen LogP contribution in [-0.2, 0) is 13.1 Å². The number of nitrogens with zero attached hydrogens (tertiary/aromatic N) is 3. The molecule has 128 valence electrons. The third-order valence-electron chi connectivity index (χ3n) is 3.79. The van der Waals surface area contributed by atoms with Crippen LogP contribution in [0.5, 0.6) is 0 Å². The fourth-order valence-electron chi connectivity index (χ4n) is 2.35. The van der Waals surface area contributed by atoms with E-state index in [1.807, 2.05) is 49.4 Å². The van der Waals surface area contributed by atoms with Crippen LogP contribution in [0.2, 0.25) is 0 Å². The minimum Gasteiger partial charge on any atom is -0.359 e. The van der Waals surface area contributed by atoms with Crippen LogP contribution < -0.4 is 5.32 Å². The molecule has 0 unspecified atom stereocenters. The van der Waals surface area contributed by atoms with Gasteiger partial charge < -0.3 is 14.7 Å². The summed E-state index contributed by atoms with van der Waals surface area (Å²) in [6, 6.07) is 15.3. The Morgan fingerprint density at radius 2 is 1.96 bits per heavy atom. The van der Waals surface area contributed by atoms with Gasteiger partial charge in [-0.1, -0.05) is 41.1 Å². The molecule has 25 heavy (non-hydrogen) atoms. The molecule has 0 aliphatic heterocycles. The number of aromatic nitrogens is 2. The number of hydrogen-bond donors (Lipinski definition) is 1. The first-order valence-corrected chi connectivity index (χ1v) is 8.03. The second-order valence-corrected chi connectivity index (χ2v) is 5.89. The highest BCUT2D eigenvalue weighted by Crippen LogP contribution is 2.17. The Morgan fingerprint density at radius 1 is 1.16 bits per heavy atom. The smallest absolute Gasteiger partial charge is 0.317 e. The fraction of sp³-hybridized carbons (Fsp3) is 0.211. The average molecular weight is 336 g/mol. The molecule has 2 aromatic heterocycles. The van der Waals surface area contributed by atoms with Crippen molar-refractivity contribution in [3.63, 3.8) is 0 Å². The zero-order valence-electron chi connectivity index (χ0n) is 14.3. The highest BCUT2D eigenvalue weighted by molar-refractivity contribution is 5.73. The molecule has 6 heteroatoms. The van der Waals surface area contributed by atoms with Gasteiger partial charge in [0, 0.05) is 25.9 Å². The second kappa shape index (κ2) is 7.61. The standard InChI is InChI=1S/C19H20N4O2/c1-14-6-8-15(9-7-14)12-21-19(24)23(2)13-16-11-18(22-25-16)17-5-3-4-10-20-17/h3-11H,12-13H2,1-2H3,(H,21,24). The topological polar surface area (TPSA) is 71.3 Å². The van der Waals surface area contributed by atoms with Crippen molar-refractivity contribution >= 4 is 6.03 Å². The summed E-state index contributed by atoms with van der Waals surface area (Å²) in [4.78, 5) is 18.0. The van der Waals surface area contributed by atoms with Gasteiger partial charge in [-0.2, -0.15) is 0 Å². The minimum atomic E-state index is -0.170. The summed E-state index contributed by atoms with van der Waals surface area (Å²) < 4.78 is 5.30. The zero-order valence-corrected chi connectivity index (χ0v) is 14.3. The van der Waals surface area contributed by atoms with Gasteiger partial charge in [0.2, 0.25) is 0 Å². The summed E-state index contributed by atoms with van der Waals surface area (Å²) in [5, 5.41) is 6.89. The first-order valence-electron chi connectivity index (χ1n) is 8.03. The highest BCUT2D eigenvalue weighted by Gasteiger charge is 2.13. The molecule has 1 N–H and O–H groups in total. The molecule has 0 aliphatic carbocycles. The van der Waals surface area contributed by atoms with Crippen molar-refractivity contribution in [1.82, 2.24) is 20.4 Å². The molecule has 0 bridgehead atoms. The molecule has 6 nitrogen and oxygen atoms in total. The van der Waals surface area contributed by atoms with Crippen LogP contribution in [0, 0.1) is 6.92 Å². The SMILES string of the molecule is Cc1ccc(CNC(=O)N(C)Cc2cc(-c3ccccn3)no2)cc1. The van der Waals surface area contributed by atoms with Crippen molar-refractivity contribution in [2.45, 2.75) is 20.0 Å². The Balaban J connectivity index is 1.54. The maximum atomic E-state index is 12.2. The first kappa shape index (κ1) is 16.7. The third-order valence-corrected chi connectivity index (χ3v) is 3.79. The van der Waals surface area contributed by atoms with E-state index in [1.165, 1.54) is 5.56 Å². The average Bonchev–Trinajstić information content (AvgIpc) is 3.10. The highest BCUT2D eigenvalue weighted by atomic mass is 16.5. The number of nitrogens with one attached hydrogen (secondary N) is 1. The van der Waals surface area contributed by atoms with Crippen molar-refractivity contribution in [2.24, 2.45) is 0 Å². The van der Waals surface area contributed by atoms with Gasteiger partial charge in [0.05, 0.1) is 12.2 Å². The van der Waals surface area contributed by atoms with E-state index in [0.29, 0.717) is 24.5 Å². The molecule has 3 aromatic rings. The predicted molar refractivity (Wildman–Crippen MR) is 94.6 cm³/mol. The largest absolute Gasteiger partial charge is 0.359 e. The molecule has 0 saturated heterocycles. The van der Waals surface area contributed by atoms with Gasteiger partial charge in [-0.3, -0.25) is 4.98 Å². The number of pyridine rings is 1. The quantitative estimate of drug-likeness (QED) is 0.775. The zero-order chi connectivity index (χ0) is 17.6. The lowest BCUT2D eigenvalue weighted by molar-refractivity contribution is 0.200. The van der Waals surface area contributed by atoms with E-state index >= 15 is 0 Å². The summed E-state index contributed by atoms with van der Waals surface area (Å²) >= 11 is 0. The van der Waals surface area contributed by atoms with Gasteiger partial charge in [-0.25, -0.2) is 4.79 Å². The summed E-state index contributed by atoms with van der Waals surface area (Å²) in [6.07, 6.45) is 1.70. The third kappa shape index (κ3) is 4.44. The van der Waals surface area contributed by atoms with Gasteiger partial charge in [0.15, 0.2) is 5.76 Å². The van der Waals surface area contributed by atoms with Crippen molar-refractivity contribution in [2.75, 3.05) is 7.05 Å². The van der Waals surface area contributed by atoms with E-state index < -0.39 is 0 Å². The Bertz CT molecular complexity index is 828. The fourth-order valence-corrected chi connectivity index (χ4v) is 2.35. The Morgan fingerprint density at radius 3 is 2.68 bits per heavy atom. The summed E-state index contributed by atoms with van der Waals surface area (Å²) in [7, 11) is 1.72. The van der Waals surface area contributed by atoms with Gasteiger partial charge in [-0.15, -0.1) is 0 Å². The molecule has 0 fully saturated rings. The van der Waals surface area contributed by atoms with E-state index in [1.54, 1.807) is 24.2 Å². The minimum absolute atomic E-state index is 0.170. The molecule has 0 atom stereocenters. The molecule has 0 aliphatic rings. The van der Waals surface area contributed by atoms with Gasteiger partial charge in [0.25, 0.3) is 0 Å². The molecule has 1 aromatic carbocycles. The van der Waals surface area contributed by atoms with Gasteiger partial charge >= 0.3 is 6.03 Å². The van der Waals surface area contributed by atoms with Crippen LogP contribution in [-0.4, -0.2) is 28.1 Å². The monoisotopic (exact) mass is 336 g/mol. The molecular formula is C19H20N4O2. The Hall–Kier alpha value is -3.15. The number of amides is 2. The van der Waals surface area contributed by atoms with E-state index in [2.05, 4.69) is 15.5 Å². The van der Waals surface area contributed by atoms with Gasteiger partial charge in [-0.05, 0) is 24.6 Å². The van der Waals surface area contributed by atoms with Gasteiger partial charge in [0.1, 0.15) is 5.69 Å². The van der Waals surface area contributed by atoms with Crippen LogP contribution in [0.15, 0.2) is 59.3 Å².